The Morgan fingerprint density at radius 3 is 1.70 bits per heavy atom. The number of halogens is 1. The van der Waals surface area contributed by atoms with Crippen molar-refractivity contribution in [1.82, 2.24) is 0 Å². The minimum Gasteiger partial charge on any atom is -0.379 e. The fourth-order valence-electron chi connectivity index (χ4n) is 1.08. The van der Waals surface area contributed by atoms with Crippen molar-refractivity contribution in [3.05, 3.63) is 0 Å². The number of hydrogen-bond donors (Lipinski definition) is 0. The van der Waals surface area contributed by atoms with Crippen LogP contribution < -0.4 is 0 Å². The Balaban J connectivity index is 3.89. The van der Waals surface area contributed by atoms with Crippen LogP contribution in [0.1, 0.15) is 34.1 Å². The van der Waals surface area contributed by atoms with E-state index in [0.29, 0.717) is 0 Å². The normalized spacial score (nSPS) is 13.8. The summed E-state index contributed by atoms with van der Waals surface area (Å²) >= 11 is 3.58. The Kier molecular flexibility index (Phi) is 3.37. The van der Waals surface area contributed by atoms with Crippen LogP contribution >= 0.6 is 15.9 Å². The predicted molar refractivity (Wildman–Crippen MR) is 48.7 cm³/mol. The van der Waals surface area contributed by atoms with Crippen molar-refractivity contribution in [2.45, 2.75) is 44.0 Å². The molecule has 0 rings (SSSR count). The number of ether oxygens (including phenoxy) is 1. The molecule has 0 aromatic carbocycles. The van der Waals surface area contributed by atoms with Gasteiger partial charge in [-0.15, -0.1) is 0 Å². The van der Waals surface area contributed by atoms with Gasteiger partial charge in [0.05, 0.1) is 5.60 Å². The third-order valence-corrected chi connectivity index (χ3v) is 1.68. The van der Waals surface area contributed by atoms with Crippen molar-refractivity contribution in [1.29, 1.82) is 0 Å². The first-order chi connectivity index (χ1) is 4.27. The van der Waals surface area contributed by atoms with Crippen molar-refractivity contribution in [3.63, 3.8) is 0 Å². The van der Waals surface area contributed by atoms with Gasteiger partial charge in [0.1, 0.15) is 0 Å². The summed E-state index contributed by atoms with van der Waals surface area (Å²) in [6, 6.07) is 0. The molecule has 1 nitrogen and oxygen atoms in total. The van der Waals surface area contributed by atoms with E-state index in [-0.39, 0.29) is 9.93 Å². The Bertz CT molecular complexity index is 102. The molecule has 0 fully saturated rings. The van der Waals surface area contributed by atoms with Gasteiger partial charge in [0, 0.05) is 11.4 Å². The average Bonchev–Trinajstić information content (AvgIpc) is 1.60. The van der Waals surface area contributed by atoms with Gasteiger partial charge in [-0.2, -0.15) is 0 Å². The number of hydrogen-bond acceptors (Lipinski definition) is 1. The molecule has 0 amide bonds. The van der Waals surface area contributed by atoms with Gasteiger partial charge in [-0.25, -0.2) is 0 Å². The molecule has 0 aliphatic rings. The second-order valence-corrected chi connectivity index (χ2v) is 6.01. The Morgan fingerprint density at radius 2 is 1.60 bits per heavy atom. The summed E-state index contributed by atoms with van der Waals surface area (Å²) in [7, 11) is 1.75. The Hall–Kier alpha value is 0.440. The minimum absolute atomic E-state index is 0.0208. The van der Waals surface area contributed by atoms with Gasteiger partial charge in [-0.05, 0) is 34.1 Å². The number of alkyl halides is 1. The third kappa shape index (κ3) is 5.24. The molecule has 0 atom stereocenters. The zero-order valence-electron chi connectivity index (χ0n) is 7.49. The fourth-order valence-corrected chi connectivity index (χ4v) is 1.76. The van der Waals surface area contributed by atoms with Crippen LogP contribution in [-0.4, -0.2) is 17.0 Å². The van der Waals surface area contributed by atoms with Crippen LogP contribution in [0.2, 0.25) is 0 Å². The third-order valence-electron chi connectivity index (χ3n) is 1.40. The van der Waals surface area contributed by atoms with Crippen LogP contribution in [0.4, 0.5) is 0 Å². The summed E-state index contributed by atoms with van der Waals surface area (Å²) in [6.07, 6.45) is 1.01. The van der Waals surface area contributed by atoms with Gasteiger partial charge in [-0.1, -0.05) is 15.9 Å². The second-order valence-electron chi connectivity index (χ2n) is 3.86. The molecule has 0 unspecified atom stereocenters. The minimum atomic E-state index is -0.0208. The highest BCUT2D eigenvalue weighted by atomic mass is 79.9. The average molecular weight is 209 g/mol. The highest BCUT2D eigenvalue weighted by Crippen LogP contribution is 2.29. The Morgan fingerprint density at radius 1 is 1.20 bits per heavy atom. The molecule has 0 aliphatic carbocycles. The largest absolute Gasteiger partial charge is 0.379 e. The molecular weight excluding hydrogens is 192 g/mol. The molecule has 0 aliphatic heterocycles. The molecular formula is C8H17BrO. The van der Waals surface area contributed by atoms with E-state index in [0.717, 1.165) is 6.42 Å². The van der Waals surface area contributed by atoms with Gasteiger partial charge in [0.2, 0.25) is 0 Å². The SMILES string of the molecule is COC(C)(C)CC(C)(C)Br. The van der Waals surface area contributed by atoms with E-state index in [4.69, 9.17) is 4.74 Å². The summed E-state index contributed by atoms with van der Waals surface area (Å²) < 4.78 is 5.46. The molecule has 0 heterocycles. The zero-order chi connectivity index (χ0) is 8.41. The van der Waals surface area contributed by atoms with Gasteiger partial charge < -0.3 is 4.74 Å². The maximum Gasteiger partial charge on any atom is 0.0635 e. The van der Waals surface area contributed by atoms with Crippen molar-refractivity contribution >= 4 is 15.9 Å². The second kappa shape index (κ2) is 3.22. The van der Waals surface area contributed by atoms with E-state index in [1.54, 1.807) is 7.11 Å². The summed E-state index contributed by atoms with van der Waals surface area (Å²) in [5, 5.41) is 0. The first-order valence-electron chi connectivity index (χ1n) is 3.51. The quantitative estimate of drug-likeness (QED) is 0.649. The predicted octanol–water partition coefficient (Wildman–Crippen LogP) is 2.98. The summed E-state index contributed by atoms with van der Waals surface area (Å²) in [5.74, 6) is 0. The molecule has 0 saturated heterocycles. The molecule has 0 spiro atoms. The van der Waals surface area contributed by atoms with Crippen LogP contribution in [0, 0.1) is 0 Å². The van der Waals surface area contributed by atoms with E-state index >= 15 is 0 Å². The molecule has 0 aromatic heterocycles. The van der Waals surface area contributed by atoms with Gasteiger partial charge in [-0.3, -0.25) is 0 Å². The molecule has 0 N–H and O–H groups in total. The fraction of sp³-hybridized carbons (Fsp3) is 1.00. The highest BCUT2D eigenvalue weighted by molar-refractivity contribution is 9.10. The Labute approximate surface area is 72.3 Å². The highest BCUT2D eigenvalue weighted by Gasteiger charge is 2.25. The number of rotatable bonds is 3. The van der Waals surface area contributed by atoms with Crippen molar-refractivity contribution < 1.29 is 4.74 Å². The maximum atomic E-state index is 5.28. The van der Waals surface area contributed by atoms with Crippen molar-refractivity contribution in [3.8, 4) is 0 Å². The summed E-state index contributed by atoms with van der Waals surface area (Å²) in [4.78, 5) is 0. The van der Waals surface area contributed by atoms with Crippen LogP contribution in [0.5, 0.6) is 0 Å². The molecule has 0 bridgehead atoms. The van der Waals surface area contributed by atoms with Crippen molar-refractivity contribution in [2.75, 3.05) is 7.11 Å². The first kappa shape index (κ1) is 10.4. The lowest BCUT2D eigenvalue weighted by molar-refractivity contribution is 0.0101. The maximum absolute atomic E-state index is 5.28. The lowest BCUT2D eigenvalue weighted by atomic mass is 9.96. The molecule has 0 aromatic rings. The molecule has 62 valence electrons. The van der Waals surface area contributed by atoms with Crippen molar-refractivity contribution in [2.24, 2.45) is 0 Å². The van der Waals surface area contributed by atoms with Crippen LogP contribution in [-0.2, 0) is 4.74 Å². The van der Waals surface area contributed by atoms with E-state index in [9.17, 15) is 0 Å². The molecule has 10 heavy (non-hydrogen) atoms. The zero-order valence-corrected chi connectivity index (χ0v) is 9.08. The van der Waals surface area contributed by atoms with E-state index in [1.165, 1.54) is 0 Å². The van der Waals surface area contributed by atoms with E-state index in [1.807, 2.05) is 0 Å². The lowest BCUT2D eigenvalue weighted by Crippen LogP contribution is -2.30. The van der Waals surface area contributed by atoms with E-state index < -0.39 is 0 Å². The lowest BCUT2D eigenvalue weighted by Gasteiger charge is -2.29. The van der Waals surface area contributed by atoms with Crippen LogP contribution in [0.15, 0.2) is 0 Å². The monoisotopic (exact) mass is 208 g/mol. The summed E-state index contributed by atoms with van der Waals surface area (Å²) in [6.45, 7) is 8.48. The summed E-state index contributed by atoms with van der Waals surface area (Å²) in [5.41, 5.74) is -0.0208. The van der Waals surface area contributed by atoms with Gasteiger partial charge >= 0.3 is 0 Å². The standard InChI is InChI=1S/C8H17BrO/c1-7(2,9)6-8(3,4)10-5/h6H2,1-5H3. The smallest absolute Gasteiger partial charge is 0.0635 e. The van der Waals surface area contributed by atoms with Crippen LogP contribution in [0.3, 0.4) is 0 Å². The molecule has 0 saturated carbocycles. The van der Waals surface area contributed by atoms with Gasteiger partial charge in [0.25, 0.3) is 0 Å². The van der Waals surface area contributed by atoms with Crippen LogP contribution in [0.25, 0.3) is 0 Å². The first-order valence-corrected chi connectivity index (χ1v) is 4.30. The topological polar surface area (TPSA) is 9.23 Å². The molecule has 0 radical (unpaired) electrons. The van der Waals surface area contributed by atoms with E-state index in [2.05, 4.69) is 43.6 Å². The van der Waals surface area contributed by atoms with Gasteiger partial charge in [0.15, 0.2) is 0 Å². The molecule has 2 heteroatoms. The number of methoxy groups -OCH3 is 1.